The predicted octanol–water partition coefficient (Wildman–Crippen LogP) is 0.630. The first-order valence-electron chi connectivity index (χ1n) is 3.38. The molecule has 10 heavy (non-hydrogen) atoms. The highest BCUT2D eigenvalue weighted by Gasteiger charge is 2.15. The molecule has 1 unspecified atom stereocenters. The molecule has 2 nitrogen and oxygen atoms in total. The molecule has 0 aromatic heterocycles. The summed E-state index contributed by atoms with van der Waals surface area (Å²) in [6, 6.07) is 0.147. The third kappa shape index (κ3) is 2.58. The molecular formula is C6H11F2NO. The van der Waals surface area contributed by atoms with E-state index >= 15 is 0 Å². The smallest absolute Gasteiger partial charge is 0.250 e. The maximum atomic E-state index is 11.6. The van der Waals surface area contributed by atoms with Crippen molar-refractivity contribution in [3.63, 3.8) is 0 Å². The summed E-state index contributed by atoms with van der Waals surface area (Å²) in [5.41, 5.74) is 0. The first-order chi connectivity index (χ1) is 4.79. The lowest BCUT2D eigenvalue weighted by Gasteiger charge is -2.08. The average molecular weight is 151 g/mol. The van der Waals surface area contributed by atoms with E-state index in [1.54, 1.807) is 0 Å². The maximum Gasteiger partial charge on any atom is 0.250 e. The molecule has 1 rings (SSSR count). The van der Waals surface area contributed by atoms with E-state index < -0.39 is 6.43 Å². The van der Waals surface area contributed by atoms with E-state index in [0.717, 1.165) is 6.42 Å². The molecule has 1 heterocycles. The molecule has 0 aliphatic carbocycles. The second-order valence-corrected chi connectivity index (χ2v) is 2.36. The van der Waals surface area contributed by atoms with Crippen LogP contribution in [0.3, 0.4) is 0 Å². The van der Waals surface area contributed by atoms with Crippen LogP contribution in [0.4, 0.5) is 8.78 Å². The number of halogens is 2. The number of hydrogen-bond acceptors (Lipinski definition) is 2. The fourth-order valence-electron chi connectivity index (χ4n) is 0.951. The first kappa shape index (κ1) is 7.88. The van der Waals surface area contributed by atoms with E-state index in [1.165, 1.54) is 0 Å². The van der Waals surface area contributed by atoms with Crippen LogP contribution in [-0.2, 0) is 4.74 Å². The van der Waals surface area contributed by atoms with Crippen LogP contribution >= 0.6 is 0 Å². The fourth-order valence-corrected chi connectivity index (χ4v) is 0.951. The van der Waals surface area contributed by atoms with Gasteiger partial charge in [0.1, 0.15) is 0 Å². The van der Waals surface area contributed by atoms with Crippen LogP contribution < -0.4 is 5.32 Å². The molecule has 0 amide bonds. The molecule has 0 saturated carbocycles. The third-order valence-corrected chi connectivity index (χ3v) is 1.49. The summed E-state index contributed by atoms with van der Waals surface area (Å²) in [5, 5.41) is 2.71. The Bertz CT molecular complexity index is 93.7. The zero-order valence-electron chi connectivity index (χ0n) is 5.65. The Labute approximate surface area is 58.6 Å². The summed E-state index contributed by atoms with van der Waals surface area (Å²) in [6.07, 6.45) is -1.40. The van der Waals surface area contributed by atoms with Gasteiger partial charge in [0.15, 0.2) is 0 Å². The normalized spacial score (nSPS) is 26.1. The summed E-state index contributed by atoms with van der Waals surface area (Å²) in [5.74, 6) is 0. The van der Waals surface area contributed by atoms with Gasteiger partial charge in [-0.05, 0) is 6.42 Å². The van der Waals surface area contributed by atoms with E-state index in [2.05, 4.69) is 5.32 Å². The first-order valence-corrected chi connectivity index (χ1v) is 3.38. The van der Waals surface area contributed by atoms with Crippen molar-refractivity contribution in [3.8, 4) is 0 Å². The largest absolute Gasteiger partial charge is 0.380 e. The third-order valence-electron chi connectivity index (χ3n) is 1.49. The Balaban J connectivity index is 2.01. The standard InChI is InChI=1S/C6H11F2NO/c7-6(8)3-9-5-1-2-10-4-5/h5-6,9H,1-4H2. The molecule has 0 aromatic rings. The van der Waals surface area contributed by atoms with Crippen molar-refractivity contribution in [1.82, 2.24) is 5.32 Å². The van der Waals surface area contributed by atoms with Gasteiger partial charge in [-0.25, -0.2) is 8.78 Å². The number of rotatable bonds is 3. The van der Waals surface area contributed by atoms with Gasteiger partial charge in [-0.1, -0.05) is 0 Å². The van der Waals surface area contributed by atoms with Gasteiger partial charge in [-0.2, -0.15) is 0 Å². The van der Waals surface area contributed by atoms with E-state index in [-0.39, 0.29) is 12.6 Å². The summed E-state index contributed by atoms with van der Waals surface area (Å²) in [7, 11) is 0. The molecule has 0 radical (unpaired) electrons. The lowest BCUT2D eigenvalue weighted by Crippen LogP contribution is -2.33. The summed E-state index contributed by atoms with van der Waals surface area (Å²) >= 11 is 0. The maximum absolute atomic E-state index is 11.6. The molecule has 60 valence electrons. The fraction of sp³-hybridized carbons (Fsp3) is 1.00. The van der Waals surface area contributed by atoms with Gasteiger partial charge in [0.25, 0.3) is 6.43 Å². The topological polar surface area (TPSA) is 21.3 Å². The number of nitrogens with one attached hydrogen (secondary N) is 1. The Morgan fingerprint density at radius 3 is 2.90 bits per heavy atom. The molecule has 1 aliphatic rings. The zero-order chi connectivity index (χ0) is 7.40. The molecule has 1 saturated heterocycles. The molecule has 1 fully saturated rings. The van der Waals surface area contributed by atoms with Crippen LogP contribution in [0.25, 0.3) is 0 Å². The molecule has 1 atom stereocenters. The highest BCUT2D eigenvalue weighted by molar-refractivity contribution is 4.70. The van der Waals surface area contributed by atoms with Crippen molar-refractivity contribution in [2.75, 3.05) is 19.8 Å². The Hall–Kier alpha value is -0.220. The lowest BCUT2D eigenvalue weighted by atomic mass is 10.3. The van der Waals surface area contributed by atoms with Gasteiger partial charge in [0.2, 0.25) is 0 Å². The van der Waals surface area contributed by atoms with Crippen LogP contribution in [-0.4, -0.2) is 32.2 Å². The Kier molecular flexibility index (Phi) is 3.02. The summed E-state index contributed by atoms with van der Waals surface area (Å²) in [6.45, 7) is 1.06. The van der Waals surface area contributed by atoms with Crippen LogP contribution in [0.2, 0.25) is 0 Å². The second kappa shape index (κ2) is 3.83. The molecule has 1 aliphatic heterocycles. The highest BCUT2D eigenvalue weighted by Crippen LogP contribution is 2.03. The molecule has 1 N–H and O–H groups in total. The number of alkyl halides is 2. The van der Waals surface area contributed by atoms with Crippen molar-refractivity contribution in [1.29, 1.82) is 0 Å². The van der Waals surface area contributed by atoms with Gasteiger partial charge in [-0.3, -0.25) is 0 Å². The molecule has 0 bridgehead atoms. The quantitative estimate of drug-likeness (QED) is 0.638. The SMILES string of the molecule is FC(F)CNC1CCOC1. The van der Waals surface area contributed by atoms with Crippen LogP contribution in [0.15, 0.2) is 0 Å². The zero-order valence-corrected chi connectivity index (χ0v) is 5.65. The van der Waals surface area contributed by atoms with E-state index in [1.807, 2.05) is 0 Å². The lowest BCUT2D eigenvalue weighted by molar-refractivity contribution is 0.137. The minimum Gasteiger partial charge on any atom is -0.380 e. The van der Waals surface area contributed by atoms with E-state index in [4.69, 9.17) is 4.74 Å². The molecule has 4 heteroatoms. The van der Waals surface area contributed by atoms with Gasteiger partial charge in [0.05, 0.1) is 13.2 Å². The van der Waals surface area contributed by atoms with Crippen molar-refractivity contribution < 1.29 is 13.5 Å². The molecule has 0 aromatic carbocycles. The van der Waals surface area contributed by atoms with Gasteiger partial charge < -0.3 is 10.1 Å². The van der Waals surface area contributed by atoms with Crippen molar-refractivity contribution >= 4 is 0 Å². The second-order valence-electron chi connectivity index (χ2n) is 2.36. The van der Waals surface area contributed by atoms with Crippen molar-refractivity contribution in [2.24, 2.45) is 0 Å². The van der Waals surface area contributed by atoms with Crippen LogP contribution in [0.1, 0.15) is 6.42 Å². The van der Waals surface area contributed by atoms with Crippen LogP contribution in [0, 0.1) is 0 Å². The highest BCUT2D eigenvalue weighted by atomic mass is 19.3. The van der Waals surface area contributed by atoms with Gasteiger partial charge in [-0.15, -0.1) is 0 Å². The number of hydrogen-bond donors (Lipinski definition) is 1. The number of ether oxygens (including phenoxy) is 1. The molecular weight excluding hydrogens is 140 g/mol. The molecule has 0 spiro atoms. The van der Waals surface area contributed by atoms with Crippen LogP contribution in [0.5, 0.6) is 0 Å². The minimum absolute atomic E-state index is 0.147. The van der Waals surface area contributed by atoms with E-state index in [0.29, 0.717) is 13.2 Å². The Morgan fingerprint density at radius 2 is 2.40 bits per heavy atom. The van der Waals surface area contributed by atoms with E-state index in [9.17, 15) is 8.78 Å². The predicted molar refractivity (Wildman–Crippen MR) is 33.2 cm³/mol. The Morgan fingerprint density at radius 1 is 1.60 bits per heavy atom. The average Bonchev–Trinajstić information content (AvgIpc) is 2.34. The van der Waals surface area contributed by atoms with Gasteiger partial charge >= 0.3 is 0 Å². The summed E-state index contributed by atoms with van der Waals surface area (Å²) in [4.78, 5) is 0. The summed E-state index contributed by atoms with van der Waals surface area (Å²) < 4.78 is 28.2. The minimum atomic E-state index is -2.25. The van der Waals surface area contributed by atoms with Gasteiger partial charge in [0, 0.05) is 12.6 Å². The monoisotopic (exact) mass is 151 g/mol. The van der Waals surface area contributed by atoms with Crippen molar-refractivity contribution in [3.05, 3.63) is 0 Å². The van der Waals surface area contributed by atoms with Crippen molar-refractivity contribution in [2.45, 2.75) is 18.9 Å².